The van der Waals surface area contributed by atoms with Gasteiger partial charge in [0.2, 0.25) is 5.91 Å². The van der Waals surface area contributed by atoms with Gasteiger partial charge in [-0.1, -0.05) is 29.3 Å². The minimum Gasteiger partial charge on any atom is -0.497 e. The van der Waals surface area contributed by atoms with Crippen molar-refractivity contribution in [2.45, 2.75) is 11.8 Å². The summed E-state index contributed by atoms with van der Waals surface area (Å²) >= 11 is 13.3. The van der Waals surface area contributed by atoms with E-state index in [4.69, 9.17) is 27.9 Å². The minimum atomic E-state index is -0.225. The summed E-state index contributed by atoms with van der Waals surface area (Å²) < 4.78 is 5.29. The molecule has 0 saturated carbocycles. The zero-order valence-electron chi connectivity index (χ0n) is 15.2. The highest BCUT2D eigenvalue weighted by molar-refractivity contribution is 8.00. The smallest absolute Gasteiger partial charge is 0.250 e. The highest BCUT2D eigenvalue weighted by Crippen LogP contribution is 2.30. The molecule has 3 rings (SSSR count). The molecule has 0 atom stereocenters. The van der Waals surface area contributed by atoms with Crippen molar-refractivity contribution >= 4 is 58.0 Å². The van der Waals surface area contributed by atoms with Gasteiger partial charge in [-0.05, 0) is 43.3 Å². The Morgan fingerprint density at radius 3 is 2.82 bits per heavy atom. The van der Waals surface area contributed by atoms with E-state index in [0.29, 0.717) is 15.6 Å². The summed E-state index contributed by atoms with van der Waals surface area (Å²) in [5.41, 5.74) is 4.92. The van der Waals surface area contributed by atoms with Crippen LogP contribution in [0.1, 0.15) is 11.3 Å². The number of rotatable bonds is 6. The third-order valence-electron chi connectivity index (χ3n) is 3.82. The van der Waals surface area contributed by atoms with Crippen molar-refractivity contribution in [3.63, 3.8) is 0 Å². The number of carbonyl (C=O) groups excluding carboxylic acids is 1. The Kier molecular flexibility index (Phi) is 6.78. The molecular formula is C20H17Cl2N3O2S. The average molecular weight is 434 g/mol. The van der Waals surface area contributed by atoms with Gasteiger partial charge >= 0.3 is 0 Å². The predicted octanol–water partition coefficient (Wildman–Crippen LogP) is 5.10. The summed E-state index contributed by atoms with van der Waals surface area (Å²) in [6.07, 6.45) is 1.48. The number of hydrogen-bond acceptors (Lipinski definition) is 5. The van der Waals surface area contributed by atoms with Gasteiger partial charge in [0.05, 0.1) is 29.6 Å². The fourth-order valence-corrected chi connectivity index (χ4v) is 3.88. The molecule has 0 spiro atoms. The average Bonchev–Trinajstić information content (AvgIpc) is 2.67. The van der Waals surface area contributed by atoms with Crippen molar-refractivity contribution < 1.29 is 9.53 Å². The molecule has 5 nitrogen and oxygen atoms in total. The molecular weight excluding hydrogens is 417 g/mol. The zero-order chi connectivity index (χ0) is 20.1. The molecule has 1 aromatic heterocycles. The summed E-state index contributed by atoms with van der Waals surface area (Å²) in [7, 11) is 1.62. The van der Waals surface area contributed by atoms with Crippen molar-refractivity contribution in [2.75, 3.05) is 12.9 Å². The Bertz CT molecular complexity index is 1060. The second kappa shape index (κ2) is 9.28. The van der Waals surface area contributed by atoms with E-state index in [2.05, 4.69) is 15.5 Å². The lowest BCUT2D eigenvalue weighted by Gasteiger charge is -2.09. The van der Waals surface area contributed by atoms with Crippen LogP contribution >= 0.6 is 35.0 Å². The number of fused-ring (bicyclic) bond motifs is 1. The monoisotopic (exact) mass is 433 g/mol. The first kappa shape index (κ1) is 20.5. The van der Waals surface area contributed by atoms with E-state index in [1.54, 1.807) is 25.3 Å². The minimum absolute atomic E-state index is 0.210. The van der Waals surface area contributed by atoms with Crippen LogP contribution in [0.5, 0.6) is 5.75 Å². The van der Waals surface area contributed by atoms with Gasteiger partial charge in [-0.2, -0.15) is 5.10 Å². The van der Waals surface area contributed by atoms with E-state index in [1.807, 2.05) is 31.2 Å². The van der Waals surface area contributed by atoms with Crippen LogP contribution in [-0.2, 0) is 4.79 Å². The van der Waals surface area contributed by atoms with Crippen LogP contribution < -0.4 is 10.2 Å². The fraction of sp³-hybridized carbons (Fsp3) is 0.150. The largest absolute Gasteiger partial charge is 0.497 e. The normalized spacial score (nSPS) is 11.1. The number of aryl methyl sites for hydroxylation is 1. The molecule has 144 valence electrons. The van der Waals surface area contributed by atoms with E-state index in [1.165, 1.54) is 18.0 Å². The molecule has 1 N–H and O–H groups in total. The first-order valence-corrected chi connectivity index (χ1v) is 10.1. The number of benzene rings is 2. The van der Waals surface area contributed by atoms with Gasteiger partial charge in [-0.25, -0.2) is 5.43 Å². The number of thioether (sulfide) groups is 1. The van der Waals surface area contributed by atoms with Gasteiger partial charge in [0, 0.05) is 26.6 Å². The number of aromatic nitrogens is 1. The van der Waals surface area contributed by atoms with E-state index in [9.17, 15) is 4.79 Å². The molecule has 2 aromatic carbocycles. The van der Waals surface area contributed by atoms with E-state index >= 15 is 0 Å². The van der Waals surface area contributed by atoms with Crippen LogP contribution in [0, 0.1) is 6.92 Å². The first-order valence-electron chi connectivity index (χ1n) is 8.31. The van der Waals surface area contributed by atoms with Crippen molar-refractivity contribution in [1.29, 1.82) is 0 Å². The fourth-order valence-electron chi connectivity index (χ4n) is 2.50. The first-order chi connectivity index (χ1) is 13.5. The highest BCUT2D eigenvalue weighted by Gasteiger charge is 2.09. The summed E-state index contributed by atoms with van der Waals surface area (Å²) in [5, 5.41) is 5.90. The summed E-state index contributed by atoms with van der Waals surface area (Å²) in [5.74, 6) is 0.729. The Morgan fingerprint density at radius 1 is 1.25 bits per heavy atom. The Balaban J connectivity index is 1.66. The molecule has 0 aliphatic carbocycles. The number of methoxy groups -OCH3 is 1. The standard InChI is InChI=1S/C20H17Cl2N3O2S/c1-12-7-19(16-9-15(27-2)5-6-18(16)24-12)28-11-20(26)25-23-10-13-3-4-14(21)8-17(13)22/h3-10H,11H2,1-2H3,(H,25,26)/b23-10-. The third kappa shape index (κ3) is 5.16. The van der Waals surface area contributed by atoms with Gasteiger partial charge in [0.15, 0.2) is 0 Å². The number of hydrogen-bond donors (Lipinski definition) is 1. The van der Waals surface area contributed by atoms with Crippen LogP contribution in [0.15, 0.2) is 52.5 Å². The predicted molar refractivity (Wildman–Crippen MR) is 116 cm³/mol. The van der Waals surface area contributed by atoms with Crippen molar-refractivity contribution in [3.05, 3.63) is 63.8 Å². The number of ether oxygens (including phenoxy) is 1. The van der Waals surface area contributed by atoms with Crippen LogP contribution in [0.4, 0.5) is 0 Å². The maximum absolute atomic E-state index is 12.1. The molecule has 0 radical (unpaired) electrons. The zero-order valence-corrected chi connectivity index (χ0v) is 17.5. The van der Waals surface area contributed by atoms with Gasteiger partial charge < -0.3 is 4.74 Å². The highest BCUT2D eigenvalue weighted by atomic mass is 35.5. The van der Waals surface area contributed by atoms with Crippen molar-refractivity contribution in [1.82, 2.24) is 10.4 Å². The number of halogens is 2. The number of nitrogens with one attached hydrogen (secondary N) is 1. The molecule has 0 aliphatic heterocycles. The number of nitrogens with zero attached hydrogens (tertiary/aromatic N) is 2. The van der Waals surface area contributed by atoms with Crippen molar-refractivity contribution in [3.8, 4) is 5.75 Å². The van der Waals surface area contributed by atoms with E-state index in [-0.39, 0.29) is 11.7 Å². The molecule has 1 heterocycles. The Hall–Kier alpha value is -2.28. The Morgan fingerprint density at radius 2 is 2.07 bits per heavy atom. The van der Waals surface area contributed by atoms with E-state index in [0.717, 1.165) is 27.2 Å². The molecule has 3 aromatic rings. The quantitative estimate of drug-likeness (QED) is 0.333. The SMILES string of the molecule is COc1ccc2nc(C)cc(SCC(=O)N/N=C\c3ccc(Cl)cc3Cl)c2c1. The third-order valence-corrected chi connectivity index (χ3v) is 5.44. The maximum atomic E-state index is 12.1. The molecule has 1 amide bonds. The number of carbonyl (C=O) groups is 1. The second-order valence-corrected chi connectivity index (χ2v) is 7.75. The molecule has 0 aliphatic rings. The number of amides is 1. The Labute approximate surface area is 177 Å². The van der Waals surface area contributed by atoms with Crippen molar-refractivity contribution in [2.24, 2.45) is 5.10 Å². The molecule has 8 heteroatoms. The maximum Gasteiger partial charge on any atom is 0.250 e. The number of hydrazone groups is 1. The van der Waals surface area contributed by atoms with E-state index < -0.39 is 0 Å². The number of pyridine rings is 1. The molecule has 28 heavy (non-hydrogen) atoms. The van der Waals surface area contributed by atoms with Gasteiger partial charge in [0.25, 0.3) is 0 Å². The molecule has 0 bridgehead atoms. The van der Waals surface area contributed by atoms with Gasteiger partial charge in [0.1, 0.15) is 5.75 Å². The van der Waals surface area contributed by atoms with Gasteiger partial charge in [-0.3, -0.25) is 9.78 Å². The molecule has 0 saturated heterocycles. The lowest BCUT2D eigenvalue weighted by Crippen LogP contribution is -2.19. The topological polar surface area (TPSA) is 63.6 Å². The molecule has 0 unspecified atom stereocenters. The van der Waals surface area contributed by atoms with Crippen LogP contribution in [-0.4, -0.2) is 30.0 Å². The molecule has 0 fully saturated rings. The van der Waals surface area contributed by atoms with Gasteiger partial charge in [-0.15, -0.1) is 11.8 Å². The summed E-state index contributed by atoms with van der Waals surface area (Å²) in [4.78, 5) is 17.6. The summed E-state index contributed by atoms with van der Waals surface area (Å²) in [6.45, 7) is 1.92. The van der Waals surface area contributed by atoms with Crippen LogP contribution in [0.25, 0.3) is 10.9 Å². The lowest BCUT2D eigenvalue weighted by molar-refractivity contribution is -0.118. The summed E-state index contributed by atoms with van der Waals surface area (Å²) in [6, 6.07) is 12.7. The van der Waals surface area contributed by atoms with Crippen LogP contribution in [0.3, 0.4) is 0 Å². The second-order valence-electron chi connectivity index (χ2n) is 5.89. The lowest BCUT2D eigenvalue weighted by atomic mass is 10.2. The van der Waals surface area contributed by atoms with Crippen LogP contribution in [0.2, 0.25) is 10.0 Å².